The maximum atomic E-state index is 12.0. The molecule has 2 aromatic carbocycles. The summed E-state index contributed by atoms with van der Waals surface area (Å²) in [6, 6.07) is 13.2. The van der Waals surface area contributed by atoms with Gasteiger partial charge in [0.05, 0.1) is 11.4 Å². The first-order valence-corrected chi connectivity index (χ1v) is 11.8. The van der Waals surface area contributed by atoms with Crippen molar-refractivity contribution in [2.45, 2.75) is 36.7 Å². The van der Waals surface area contributed by atoms with Crippen molar-refractivity contribution in [3.8, 4) is 0 Å². The minimum Gasteiger partial charge on any atom is -0.357 e. The Morgan fingerprint density at radius 2 is 1.93 bits per heavy atom. The number of hydrogen-bond donors (Lipinski definition) is 3. The van der Waals surface area contributed by atoms with Crippen LogP contribution in [0.2, 0.25) is 0 Å². The number of hydrogen-bond acceptors (Lipinski definition) is 4. The maximum absolute atomic E-state index is 12.0. The Morgan fingerprint density at radius 3 is 2.61 bits per heavy atom. The minimum atomic E-state index is -3.46. The van der Waals surface area contributed by atoms with Crippen LogP contribution in [0.1, 0.15) is 23.6 Å². The van der Waals surface area contributed by atoms with Crippen LogP contribution < -0.4 is 15.4 Å². The zero-order valence-electron chi connectivity index (χ0n) is 16.7. The molecule has 2 rings (SSSR count). The number of aliphatic imine (C=N–C) groups is 1. The SMILES string of the molecule is CCNC(=NCc1cccc(S(=O)(=O)NC)c1)NCc1ccc(C)cc1SC. The number of nitrogens with zero attached hydrogens (tertiary/aromatic N) is 1. The number of benzene rings is 2. The number of thioether (sulfide) groups is 1. The van der Waals surface area contributed by atoms with Crippen LogP contribution in [-0.4, -0.2) is 34.2 Å². The molecule has 8 heteroatoms. The van der Waals surface area contributed by atoms with Gasteiger partial charge in [-0.2, -0.15) is 0 Å². The molecule has 0 bridgehead atoms. The molecule has 0 atom stereocenters. The molecule has 0 unspecified atom stereocenters. The molecule has 152 valence electrons. The van der Waals surface area contributed by atoms with E-state index in [0.717, 1.165) is 12.1 Å². The van der Waals surface area contributed by atoms with Crippen molar-refractivity contribution in [3.63, 3.8) is 0 Å². The van der Waals surface area contributed by atoms with E-state index in [9.17, 15) is 8.42 Å². The molecule has 0 radical (unpaired) electrons. The van der Waals surface area contributed by atoms with Crippen molar-refractivity contribution in [1.82, 2.24) is 15.4 Å². The van der Waals surface area contributed by atoms with Crippen molar-refractivity contribution in [2.24, 2.45) is 4.99 Å². The molecule has 0 saturated carbocycles. The van der Waals surface area contributed by atoms with Gasteiger partial charge >= 0.3 is 0 Å². The lowest BCUT2D eigenvalue weighted by atomic mass is 10.1. The van der Waals surface area contributed by atoms with E-state index in [1.165, 1.54) is 23.1 Å². The predicted octanol–water partition coefficient (Wildman–Crippen LogP) is 2.88. The number of nitrogens with one attached hydrogen (secondary N) is 3. The number of aryl methyl sites for hydroxylation is 1. The van der Waals surface area contributed by atoms with Crippen LogP contribution in [0.3, 0.4) is 0 Å². The van der Waals surface area contributed by atoms with Crippen molar-refractivity contribution in [1.29, 1.82) is 0 Å². The van der Waals surface area contributed by atoms with Crippen molar-refractivity contribution < 1.29 is 8.42 Å². The minimum absolute atomic E-state index is 0.241. The molecule has 0 aliphatic rings. The summed E-state index contributed by atoms with van der Waals surface area (Å²) in [4.78, 5) is 6.08. The monoisotopic (exact) mass is 420 g/mol. The van der Waals surface area contributed by atoms with Gasteiger partial charge in [-0.15, -0.1) is 11.8 Å². The highest BCUT2D eigenvalue weighted by molar-refractivity contribution is 7.98. The van der Waals surface area contributed by atoms with E-state index in [-0.39, 0.29) is 4.90 Å². The van der Waals surface area contributed by atoms with Gasteiger partial charge in [0, 0.05) is 18.0 Å². The fourth-order valence-corrected chi connectivity index (χ4v) is 4.12. The Bertz CT molecular complexity index is 928. The lowest BCUT2D eigenvalue weighted by Gasteiger charge is -2.14. The molecule has 0 fully saturated rings. The highest BCUT2D eigenvalue weighted by atomic mass is 32.2. The molecule has 0 spiro atoms. The van der Waals surface area contributed by atoms with Crippen LogP contribution >= 0.6 is 11.8 Å². The smallest absolute Gasteiger partial charge is 0.240 e. The third kappa shape index (κ3) is 6.25. The second-order valence-corrected chi connectivity index (χ2v) is 8.95. The Labute approximate surface area is 172 Å². The van der Waals surface area contributed by atoms with Gasteiger partial charge in [0.1, 0.15) is 0 Å². The van der Waals surface area contributed by atoms with E-state index in [0.29, 0.717) is 19.0 Å². The van der Waals surface area contributed by atoms with E-state index in [1.54, 1.807) is 30.0 Å². The third-order valence-corrected chi connectivity index (χ3v) is 6.36. The van der Waals surface area contributed by atoms with E-state index in [2.05, 4.69) is 51.7 Å². The summed E-state index contributed by atoms with van der Waals surface area (Å²) in [5.74, 6) is 0.692. The van der Waals surface area contributed by atoms with Gasteiger partial charge in [0.25, 0.3) is 0 Å². The average molecular weight is 421 g/mol. The Balaban J connectivity index is 2.12. The predicted molar refractivity (Wildman–Crippen MR) is 117 cm³/mol. The van der Waals surface area contributed by atoms with Gasteiger partial charge in [0.2, 0.25) is 10.0 Å². The zero-order chi connectivity index (χ0) is 20.6. The molecule has 0 amide bonds. The molecular formula is C20H28N4O2S2. The van der Waals surface area contributed by atoms with Crippen molar-refractivity contribution in [3.05, 3.63) is 59.2 Å². The molecule has 0 saturated heterocycles. The van der Waals surface area contributed by atoms with Gasteiger partial charge in [-0.3, -0.25) is 0 Å². The zero-order valence-corrected chi connectivity index (χ0v) is 18.4. The number of guanidine groups is 1. The average Bonchev–Trinajstić information content (AvgIpc) is 2.70. The highest BCUT2D eigenvalue weighted by Crippen LogP contribution is 2.21. The molecule has 3 N–H and O–H groups in total. The normalized spacial score (nSPS) is 12.1. The summed E-state index contributed by atoms with van der Waals surface area (Å²) >= 11 is 1.73. The first-order chi connectivity index (χ1) is 13.4. The summed E-state index contributed by atoms with van der Waals surface area (Å²) in [5.41, 5.74) is 3.28. The van der Waals surface area contributed by atoms with Crippen LogP contribution in [0.4, 0.5) is 0 Å². The topological polar surface area (TPSA) is 82.6 Å². The molecule has 0 heterocycles. The third-order valence-electron chi connectivity index (χ3n) is 4.13. The Hall–Kier alpha value is -2.03. The molecule has 0 aliphatic carbocycles. The van der Waals surface area contributed by atoms with Gasteiger partial charge in [0.15, 0.2) is 5.96 Å². The first-order valence-electron chi connectivity index (χ1n) is 9.07. The van der Waals surface area contributed by atoms with Gasteiger partial charge in [-0.05, 0) is 62.0 Å². The Kier molecular flexibility index (Phi) is 8.35. The lowest BCUT2D eigenvalue weighted by molar-refractivity contribution is 0.588. The standard InChI is InChI=1S/C20H28N4O2S2/c1-5-22-20(24-14-17-10-9-15(2)11-19(17)27-4)23-13-16-7-6-8-18(12-16)28(25,26)21-3/h6-12,21H,5,13-14H2,1-4H3,(H2,22,23,24). The maximum Gasteiger partial charge on any atom is 0.240 e. The molecule has 2 aromatic rings. The lowest BCUT2D eigenvalue weighted by Crippen LogP contribution is -2.36. The molecular weight excluding hydrogens is 392 g/mol. The fourth-order valence-electron chi connectivity index (χ4n) is 2.62. The fraction of sp³-hybridized carbons (Fsp3) is 0.350. The quantitative estimate of drug-likeness (QED) is 0.348. The van der Waals surface area contributed by atoms with Gasteiger partial charge in [-0.25, -0.2) is 18.1 Å². The van der Waals surface area contributed by atoms with Crippen LogP contribution in [0.5, 0.6) is 0 Å². The highest BCUT2D eigenvalue weighted by Gasteiger charge is 2.11. The molecule has 0 aromatic heterocycles. The van der Waals surface area contributed by atoms with E-state index in [1.807, 2.05) is 13.0 Å². The second kappa shape index (κ2) is 10.5. The Morgan fingerprint density at radius 1 is 1.14 bits per heavy atom. The van der Waals surface area contributed by atoms with Crippen molar-refractivity contribution in [2.75, 3.05) is 19.8 Å². The first kappa shape index (κ1) is 22.3. The van der Waals surface area contributed by atoms with Crippen LogP contribution in [0.15, 0.2) is 57.2 Å². The van der Waals surface area contributed by atoms with E-state index in [4.69, 9.17) is 0 Å². The largest absolute Gasteiger partial charge is 0.357 e. The molecule has 28 heavy (non-hydrogen) atoms. The summed E-state index contributed by atoms with van der Waals surface area (Å²) in [7, 11) is -2.05. The van der Waals surface area contributed by atoms with Gasteiger partial charge in [-0.1, -0.05) is 24.3 Å². The molecule has 6 nitrogen and oxygen atoms in total. The van der Waals surface area contributed by atoms with E-state index >= 15 is 0 Å². The van der Waals surface area contributed by atoms with Crippen molar-refractivity contribution >= 4 is 27.7 Å². The van der Waals surface area contributed by atoms with Gasteiger partial charge < -0.3 is 10.6 Å². The van der Waals surface area contributed by atoms with E-state index < -0.39 is 10.0 Å². The summed E-state index contributed by atoms with van der Waals surface area (Å²) in [6.45, 7) is 5.88. The second-order valence-electron chi connectivity index (χ2n) is 6.22. The van der Waals surface area contributed by atoms with Crippen LogP contribution in [-0.2, 0) is 23.1 Å². The van der Waals surface area contributed by atoms with Crippen LogP contribution in [0.25, 0.3) is 0 Å². The summed E-state index contributed by atoms with van der Waals surface area (Å²) in [6.07, 6.45) is 2.07. The summed E-state index contributed by atoms with van der Waals surface area (Å²) < 4.78 is 26.3. The number of sulfonamides is 1. The summed E-state index contributed by atoms with van der Waals surface area (Å²) in [5, 5.41) is 6.58. The van der Waals surface area contributed by atoms with Crippen LogP contribution in [0, 0.1) is 6.92 Å². The number of rotatable bonds is 8. The molecule has 0 aliphatic heterocycles.